The summed E-state index contributed by atoms with van der Waals surface area (Å²) in [7, 11) is 0. The van der Waals surface area contributed by atoms with Crippen molar-refractivity contribution in [2.45, 2.75) is 91.1 Å². The molecule has 0 bridgehead atoms. The maximum Gasteiger partial charge on any atom is 0.286 e. The highest BCUT2D eigenvalue weighted by Crippen LogP contribution is 2.36. The van der Waals surface area contributed by atoms with E-state index in [2.05, 4.69) is 9.97 Å². The Hall–Kier alpha value is -3.76. The second-order valence-electron chi connectivity index (χ2n) is 12.6. The summed E-state index contributed by atoms with van der Waals surface area (Å²) >= 11 is 11.6. The van der Waals surface area contributed by atoms with Crippen molar-refractivity contribution in [2.75, 3.05) is 26.2 Å². The molecular weight excluding hydrogens is 679 g/mol. The van der Waals surface area contributed by atoms with Gasteiger partial charge in [-0.1, -0.05) is 35.3 Å². The van der Waals surface area contributed by atoms with Crippen LogP contribution in [0.15, 0.2) is 59.7 Å². The van der Waals surface area contributed by atoms with E-state index >= 15 is 0 Å². The summed E-state index contributed by atoms with van der Waals surface area (Å²) in [5, 5.41) is 41.6. The molecule has 15 nitrogen and oxygen atoms in total. The fourth-order valence-electron chi connectivity index (χ4n) is 6.12. The third-order valence-electron chi connectivity index (χ3n) is 8.05. The molecule has 2 aromatic heterocycles. The van der Waals surface area contributed by atoms with Gasteiger partial charge in [-0.05, 0) is 51.0 Å². The van der Waals surface area contributed by atoms with E-state index in [9.17, 15) is 25.3 Å². The van der Waals surface area contributed by atoms with Crippen LogP contribution in [0.5, 0.6) is 0 Å². The maximum absolute atomic E-state index is 11.5. The number of hydrogen-bond donors (Lipinski definition) is 2. The van der Waals surface area contributed by atoms with E-state index in [-0.39, 0.29) is 46.1 Å². The van der Waals surface area contributed by atoms with Crippen LogP contribution in [0.3, 0.4) is 0 Å². The largest absolute Gasteiger partial charge is 0.394 e. The third-order valence-corrected chi connectivity index (χ3v) is 8.50. The monoisotopic (exact) mass is 722 g/mol. The van der Waals surface area contributed by atoms with Crippen LogP contribution < -0.4 is 0 Å². The minimum absolute atomic E-state index is 0.0860. The van der Waals surface area contributed by atoms with Crippen molar-refractivity contribution in [3.63, 3.8) is 0 Å². The van der Waals surface area contributed by atoms with Gasteiger partial charge >= 0.3 is 0 Å². The topological polar surface area (TPSA) is 175 Å². The number of fused-ring (bicyclic) bond motifs is 2. The number of aliphatic hydroxyl groups excluding tert-OH is 2. The Kier molecular flexibility index (Phi) is 13.4. The first-order valence-electron chi connectivity index (χ1n) is 16.3. The maximum atomic E-state index is 11.5. The summed E-state index contributed by atoms with van der Waals surface area (Å²) in [5.74, 6) is 1.22. The number of aliphatic hydroxyl groups is 2. The minimum Gasteiger partial charge on any atom is -0.394 e. The SMILES string of the molecule is CC(C)O.CC(C)OC1CCC([N+](=O)[O-])=C2N(Cc3ccc(Cl)nc3)CCN21.O=[N+]([O-])C1=C2N(Cc3ccc(Cl)nc3)CCN2C(O)CC1. The molecule has 4 aliphatic rings. The van der Waals surface area contributed by atoms with Gasteiger partial charge in [0.15, 0.2) is 11.6 Å². The molecule has 0 amide bonds. The second-order valence-corrected chi connectivity index (χ2v) is 13.3. The van der Waals surface area contributed by atoms with Gasteiger partial charge in [-0.25, -0.2) is 9.97 Å². The molecule has 6 rings (SSSR count). The predicted molar refractivity (Wildman–Crippen MR) is 183 cm³/mol. The van der Waals surface area contributed by atoms with Gasteiger partial charge in [-0.15, -0.1) is 0 Å². The predicted octanol–water partition coefficient (Wildman–Crippen LogP) is 4.64. The molecule has 0 saturated carbocycles. The van der Waals surface area contributed by atoms with Gasteiger partial charge in [-0.3, -0.25) is 20.2 Å². The Morgan fingerprint density at radius 3 is 1.69 bits per heavy atom. The van der Waals surface area contributed by atoms with Gasteiger partial charge in [0.2, 0.25) is 0 Å². The first-order chi connectivity index (χ1) is 23.2. The van der Waals surface area contributed by atoms with Crippen LogP contribution in [0.2, 0.25) is 10.3 Å². The Bertz CT molecular complexity index is 1510. The highest BCUT2D eigenvalue weighted by Gasteiger charge is 2.42. The Balaban J connectivity index is 0.000000201. The summed E-state index contributed by atoms with van der Waals surface area (Å²) in [6.07, 6.45) is 4.31. The number of pyridine rings is 2. The van der Waals surface area contributed by atoms with Crippen LogP contribution in [-0.4, -0.2) is 100 Å². The van der Waals surface area contributed by atoms with Gasteiger partial charge in [-0.2, -0.15) is 0 Å². The van der Waals surface area contributed by atoms with Crippen LogP contribution in [0.4, 0.5) is 0 Å². The number of halogens is 2. The lowest BCUT2D eigenvalue weighted by Crippen LogP contribution is -2.41. The fraction of sp³-hybridized carbons (Fsp3) is 0.562. The quantitative estimate of drug-likeness (QED) is 0.219. The van der Waals surface area contributed by atoms with Crippen LogP contribution >= 0.6 is 23.2 Å². The zero-order valence-electron chi connectivity index (χ0n) is 28.1. The van der Waals surface area contributed by atoms with E-state index in [4.69, 9.17) is 33.0 Å². The van der Waals surface area contributed by atoms with Gasteiger partial charge in [0, 0.05) is 83.4 Å². The lowest BCUT2D eigenvalue weighted by Gasteiger charge is -2.35. The van der Waals surface area contributed by atoms with Crippen LogP contribution in [0.25, 0.3) is 0 Å². The number of aromatic nitrogens is 2. The van der Waals surface area contributed by atoms with E-state index in [1.165, 1.54) is 0 Å². The van der Waals surface area contributed by atoms with Crippen molar-refractivity contribution in [1.82, 2.24) is 29.6 Å². The normalized spacial score (nSPS) is 20.2. The summed E-state index contributed by atoms with van der Waals surface area (Å²) in [6.45, 7) is 11.2. The molecular formula is C32H44Cl2N8O7. The van der Waals surface area contributed by atoms with E-state index in [1.807, 2.05) is 40.7 Å². The third kappa shape index (κ3) is 10.1. The van der Waals surface area contributed by atoms with Crippen molar-refractivity contribution in [2.24, 2.45) is 0 Å². The molecule has 2 atom stereocenters. The number of ether oxygens (including phenoxy) is 1. The zero-order valence-corrected chi connectivity index (χ0v) is 29.6. The molecule has 0 radical (unpaired) electrons. The van der Waals surface area contributed by atoms with Crippen molar-refractivity contribution < 1.29 is 24.8 Å². The Morgan fingerprint density at radius 1 is 0.816 bits per heavy atom. The summed E-state index contributed by atoms with van der Waals surface area (Å²) in [6, 6.07) is 7.18. The van der Waals surface area contributed by atoms with Crippen molar-refractivity contribution >= 4 is 23.2 Å². The Morgan fingerprint density at radius 2 is 1.27 bits per heavy atom. The average molecular weight is 724 g/mol. The molecule has 2 N–H and O–H groups in total. The number of rotatable bonds is 8. The van der Waals surface area contributed by atoms with Gasteiger partial charge in [0.05, 0.1) is 16.0 Å². The first-order valence-corrected chi connectivity index (χ1v) is 17.0. The van der Waals surface area contributed by atoms with Gasteiger partial charge < -0.3 is 34.5 Å². The second kappa shape index (κ2) is 17.3. The van der Waals surface area contributed by atoms with Crippen LogP contribution in [-0.2, 0) is 17.8 Å². The molecule has 49 heavy (non-hydrogen) atoms. The molecule has 2 saturated heterocycles. The lowest BCUT2D eigenvalue weighted by molar-refractivity contribution is -0.433. The highest BCUT2D eigenvalue weighted by molar-refractivity contribution is 6.29. The average Bonchev–Trinajstić information content (AvgIpc) is 3.65. The highest BCUT2D eigenvalue weighted by atomic mass is 35.5. The molecule has 0 spiro atoms. The van der Waals surface area contributed by atoms with E-state index in [0.29, 0.717) is 67.4 Å². The zero-order chi connectivity index (χ0) is 35.8. The summed E-state index contributed by atoms with van der Waals surface area (Å²) in [4.78, 5) is 37.9. The fourth-order valence-corrected chi connectivity index (χ4v) is 6.35. The Labute approximate surface area is 295 Å². The molecule has 17 heteroatoms. The van der Waals surface area contributed by atoms with Crippen LogP contribution in [0.1, 0.15) is 64.5 Å². The number of allylic oxidation sites excluding steroid dienone is 2. The standard InChI is InChI=1S/C16H21ClN4O3.C13H15ClN4O3.C3H8O/c1-11(2)24-15-6-4-13(21(22)23)16-19(7-8-20(15)16)10-12-3-5-14(17)18-9-12;14-11-3-1-9(7-15-11)8-16-5-6-17-12(19)4-2-10(13(16)17)18(20)21;1-3(2)4/h3,5,9,11,15H,4,6-8,10H2,1-2H3;1,3,7,12,19H,2,4-6,8H2;3-4H,1-2H3. The van der Waals surface area contributed by atoms with Gasteiger partial charge in [0.1, 0.15) is 22.8 Å². The minimum atomic E-state index is -0.642. The first kappa shape index (κ1) is 38.0. The van der Waals surface area contributed by atoms with Crippen molar-refractivity contribution in [3.8, 4) is 0 Å². The van der Waals surface area contributed by atoms with E-state index in [1.54, 1.807) is 43.3 Å². The van der Waals surface area contributed by atoms with Crippen LogP contribution in [0, 0.1) is 20.2 Å². The molecule has 2 aromatic rings. The number of nitro groups is 2. The van der Waals surface area contributed by atoms with Crippen molar-refractivity contribution in [1.29, 1.82) is 0 Å². The molecule has 0 aliphatic carbocycles. The number of nitrogens with zero attached hydrogens (tertiary/aromatic N) is 8. The molecule has 6 heterocycles. The summed E-state index contributed by atoms with van der Waals surface area (Å²) < 4.78 is 5.96. The smallest absolute Gasteiger partial charge is 0.286 e. The van der Waals surface area contributed by atoms with E-state index in [0.717, 1.165) is 24.2 Å². The molecule has 2 fully saturated rings. The van der Waals surface area contributed by atoms with Crippen molar-refractivity contribution in [3.05, 3.63) is 101 Å². The molecule has 2 unspecified atom stereocenters. The van der Waals surface area contributed by atoms with E-state index < -0.39 is 6.23 Å². The molecule has 4 aliphatic heterocycles. The number of hydrogen-bond acceptors (Lipinski definition) is 13. The van der Waals surface area contributed by atoms with Gasteiger partial charge in [0.25, 0.3) is 11.4 Å². The molecule has 268 valence electrons. The lowest BCUT2D eigenvalue weighted by atomic mass is 10.1. The molecule has 0 aromatic carbocycles. The summed E-state index contributed by atoms with van der Waals surface area (Å²) in [5.41, 5.74) is 2.36.